The van der Waals surface area contributed by atoms with Crippen molar-refractivity contribution in [2.24, 2.45) is 5.73 Å². The molecule has 4 rings (SSSR count). The summed E-state index contributed by atoms with van der Waals surface area (Å²) in [7, 11) is 3.23. The highest BCUT2D eigenvalue weighted by atomic mass is 16.5. The van der Waals surface area contributed by atoms with Gasteiger partial charge in [0.2, 0.25) is 5.91 Å². The summed E-state index contributed by atoms with van der Waals surface area (Å²) in [5.41, 5.74) is 9.60. The molecule has 7 nitrogen and oxygen atoms in total. The zero-order valence-corrected chi connectivity index (χ0v) is 20.7. The van der Waals surface area contributed by atoms with Crippen LogP contribution >= 0.6 is 0 Å². The lowest BCUT2D eigenvalue weighted by molar-refractivity contribution is -0.119. The lowest BCUT2D eigenvalue weighted by atomic mass is 9.96. The molecule has 1 aliphatic rings. The number of ether oxygens (including phenoxy) is 3. The van der Waals surface area contributed by atoms with Crippen molar-refractivity contribution in [2.75, 3.05) is 20.8 Å². The van der Waals surface area contributed by atoms with Crippen LogP contribution in [0.4, 0.5) is 0 Å². The zero-order chi connectivity index (χ0) is 25.5. The van der Waals surface area contributed by atoms with Gasteiger partial charge in [-0.2, -0.15) is 5.26 Å². The Kier molecular flexibility index (Phi) is 8.09. The Morgan fingerprint density at radius 3 is 2.44 bits per heavy atom. The zero-order valence-electron chi connectivity index (χ0n) is 20.7. The second kappa shape index (κ2) is 11.6. The lowest BCUT2D eigenvalue weighted by Gasteiger charge is -2.25. The smallest absolute Gasteiger partial charge is 0.218 e. The van der Waals surface area contributed by atoms with E-state index in [1.54, 1.807) is 14.2 Å². The van der Waals surface area contributed by atoms with E-state index in [0.717, 1.165) is 41.6 Å². The molecule has 36 heavy (non-hydrogen) atoms. The summed E-state index contributed by atoms with van der Waals surface area (Å²) in [6, 6.07) is 21.8. The molecule has 0 aliphatic carbocycles. The predicted octanol–water partition coefficient (Wildman–Crippen LogP) is 4.66. The molecule has 0 spiro atoms. The Hall–Kier alpha value is -4.02. The van der Waals surface area contributed by atoms with E-state index in [1.165, 1.54) is 0 Å². The quantitative estimate of drug-likeness (QED) is 0.449. The molecule has 0 bridgehead atoms. The second-order valence-electron chi connectivity index (χ2n) is 8.85. The average molecular weight is 486 g/mol. The number of amides is 1. The van der Waals surface area contributed by atoms with Gasteiger partial charge in [-0.3, -0.25) is 9.69 Å². The molecule has 0 radical (unpaired) electrons. The van der Waals surface area contributed by atoms with Gasteiger partial charge in [0.25, 0.3) is 0 Å². The van der Waals surface area contributed by atoms with Gasteiger partial charge in [0.1, 0.15) is 29.9 Å². The SMILES string of the molecule is COc1cc(OCc2cccc(-c3ccccc3)c2C#N)cc(OC)c1CN1CCC[C@H]1CC(N)=O. The summed E-state index contributed by atoms with van der Waals surface area (Å²) in [6.07, 6.45) is 2.31. The number of primary amides is 1. The number of carbonyl (C=O) groups excluding carboxylic acids is 1. The number of benzene rings is 3. The second-order valence-corrected chi connectivity index (χ2v) is 8.85. The Balaban J connectivity index is 1.56. The Bertz CT molecular complexity index is 1230. The normalized spacial score (nSPS) is 15.3. The van der Waals surface area contributed by atoms with Crippen LogP contribution in [0.2, 0.25) is 0 Å². The molecule has 1 fully saturated rings. The number of rotatable bonds is 10. The third-order valence-corrected chi connectivity index (χ3v) is 6.62. The third-order valence-electron chi connectivity index (χ3n) is 6.62. The van der Waals surface area contributed by atoms with Crippen LogP contribution in [0, 0.1) is 11.3 Å². The first kappa shape index (κ1) is 25.1. The molecule has 7 heteroatoms. The van der Waals surface area contributed by atoms with Crippen molar-refractivity contribution in [3.8, 4) is 34.4 Å². The van der Waals surface area contributed by atoms with Gasteiger partial charge in [-0.15, -0.1) is 0 Å². The van der Waals surface area contributed by atoms with Gasteiger partial charge in [0.05, 0.1) is 25.3 Å². The van der Waals surface area contributed by atoms with Crippen molar-refractivity contribution in [2.45, 2.75) is 38.5 Å². The molecule has 1 heterocycles. The summed E-state index contributed by atoms with van der Waals surface area (Å²) in [5.74, 6) is 1.58. The molecule has 0 unspecified atom stereocenters. The fraction of sp³-hybridized carbons (Fsp3) is 0.310. The van der Waals surface area contributed by atoms with Gasteiger partial charge in [0, 0.05) is 36.7 Å². The summed E-state index contributed by atoms with van der Waals surface area (Å²) in [5, 5.41) is 9.89. The molecule has 0 saturated carbocycles. The minimum Gasteiger partial charge on any atom is -0.496 e. The van der Waals surface area contributed by atoms with Crippen LogP contribution in [0.15, 0.2) is 60.7 Å². The predicted molar refractivity (Wildman–Crippen MR) is 138 cm³/mol. The number of likely N-dealkylation sites (tertiary alicyclic amines) is 1. The fourth-order valence-corrected chi connectivity index (χ4v) is 4.84. The fourth-order valence-electron chi connectivity index (χ4n) is 4.84. The van der Waals surface area contributed by atoms with E-state index < -0.39 is 0 Å². The minimum atomic E-state index is -0.289. The summed E-state index contributed by atoms with van der Waals surface area (Å²) in [6.45, 7) is 1.70. The van der Waals surface area contributed by atoms with Crippen LogP contribution in [-0.4, -0.2) is 37.6 Å². The van der Waals surface area contributed by atoms with Gasteiger partial charge in [-0.25, -0.2) is 0 Å². The average Bonchev–Trinajstić information content (AvgIpc) is 3.33. The van der Waals surface area contributed by atoms with E-state index in [0.29, 0.717) is 35.8 Å². The summed E-state index contributed by atoms with van der Waals surface area (Å²) < 4.78 is 17.5. The molecule has 1 atom stereocenters. The van der Waals surface area contributed by atoms with Gasteiger partial charge in [-0.1, -0.05) is 48.5 Å². The van der Waals surface area contributed by atoms with Crippen molar-refractivity contribution in [1.29, 1.82) is 5.26 Å². The number of nitriles is 1. The van der Waals surface area contributed by atoms with Crippen molar-refractivity contribution >= 4 is 5.91 Å². The largest absolute Gasteiger partial charge is 0.496 e. The van der Waals surface area contributed by atoms with Crippen LogP contribution in [0.5, 0.6) is 17.2 Å². The first-order valence-corrected chi connectivity index (χ1v) is 12.0. The number of carbonyl (C=O) groups is 1. The molecule has 186 valence electrons. The number of methoxy groups -OCH3 is 2. The Labute approximate surface area is 212 Å². The van der Waals surface area contributed by atoms with Gasteiger partial charge < -0.3 is 19.9 Å². The van der Waals surface area contributed by atoms with Crippen molar-refractivity contribution in [3.63, 3.8) is 0 Å². The standard InChI is InChI=1S/C29H31N3O4/c1-34-27-15-23(16-28(35-2)26(27)18-32-13-7-11-22(32)14-29(31)33)36-19-21-10-6-12-24(25(21)17-30)20-8-4-3-5-9-20/h3-6,8-10,12,15-16,22H,7,11,13-14,18-19H2,1-2H3,(H2,31,33)/t22-/m0/s1. The topological polar surface area (TPSA) is 97.8 Å². The maximum Gasteiger partial charge on any atom is 0.218 e. The molecule has 3 aromatic carbocycles. The third kappa shape index (κ3) is 5.61. The van der Waals surface area contributed by atoms with Gasteiger partial charge in [0.15, 0.2) is 0 Å². The highest BCUT2D eigenvalue weighted by molar-refractivity contribution is 5.74. The van der Waals surface area contributed by atoms with E-state index in [-0.39, 0.29) is 18.6 Å². The molecule has 0 aromatic heterocycles. The van der Waals surface area contributed by atoms with Crippen molar-refractivity contribution in [1.82, 2.24) is 4.90 Å². The first-order chi connectivity index (χ1) is 17.5. The monoisotopic (exact) mass is 485 g/mol. The van der Waals surface area contributed by atoms with Crippen LogP contribution in [0.1, 0.15) is 36.0 Å². The molecular weight excluding hydrogens is 454 g/mol. The number of nitrogens with two attached hydrogens (primary N) is 1. The minimum absolute atomic E-state index is 0.120. The van der Waals surface area contributed by atoms with E-state index in [2.05, 4.69) is 11.0 Å². The van der Waals surface area contributed by atoms with E-state index in [9.17, 15) is 10.1 Å². The number of nitrogens with zero attached hydrogens (tertiary/aromatic N) is 2. The molecule has 1 saturated heterocycles. The van der Waals surface area contributed by atoms with Crippen LogP contribution in [-0.2, 0) is 17.9 Å². The number of hydrogen-bond acceptors (Lipinski definition) is 6. The van der Waals surface area contributed by atoms with Crippen LogP contribution in [0.25, 0.3) is 11.1 Å². The molecule has 3 aromatic rings. The molecule has 1 aliphatic heterocycles. The molecule has 1 amide bonds. The van der Waals surface area contributed by atoms with Gasteiger partial charge in [-0.05, 0) is 30.5 Å². The Morgan fingerprint density at radius 2 is 1.81 bits per heavy atom. The van der Waals surface area contributed by atoms with E-state index in [1.807, 2.05) is 60.7 Å². The van der Waals surface area contributed by atoms with Crippen molar-refractivity contribution < 1.29 is 19.0 Å². The maximum absolute atomic E-state index is 11.5. The van der Waals surface area contributed by atoms with Crippen LogP contribution < -0.4 is 19.9 Å². The van der Waals surface area contributed by atoms with Crippen LogP contribution in [0.3, 0.4) is 0 Å². The number of hydrogen-bond donors (Lipinski definition) is 1. The molecular formula is C29H31N3O4. The first-order valence-electron chi connectivity index (χ1n) is 12.0. The van der Waals surface area contributed by atoms with E-state index >= 15 is 0 Å². The highest BCUT2D eigenvalue weighted by Crippen LogP contribution is 2.37. The lowest BCUT2D eigenvalue weighted by Crippen LogP contribution is -2.33. The van der Waals surface area contributed by atoms with Gasteiger partial charge >= 0.3 is 0 Å². The van der Waals surface area contributed by atoms with E-state index in [4.69, 9.17) is 19.9 Å². The summed E-state index contributed by atoms with van der Waals surface area (Å²) >= 11 is 0. The van der Waals surface area contributed by atoms with Crippen molar-refractivity contribution in [3.05, 3.63) is 77.4 Å². The molecule has 2 N–H and O–H groups in total. The Morgan fingerprint density at radius 1 is 1.08 bits per heavy atom. The maximum atomic E-state index is 11.5. The highest BCUT2D eigenvalue weighted by Gasteiger charge is 2.28. The summed E-state index contributed by atoms with van der Waals surface area (Å²) in [4.78, 5) is 13.7.